The fourth-order valence-corrected chi connectivity index (χ4v) is 2.16. The van der Waals surface area contributed by atoms with Crippen molar-refractivity contribution in [2.24, 2.45) is 0 Å². The van der Waals surface area contributed by atoms with E-state index in [1.165, 1.54) is 6.42 Å². The Bertz CT molecular complexity index is 308. The van der Waals surface area contributed by atoms with Gasteiger partial charge in [-0.15, -0.1) is 0 Å². The van der Waals surface area contributed by atoms with Gasteiger partial charge in [-0.2, -0.15) is 0 Å². The van der Waals surface area contributed by atoms with E-state index in [9.17, 15) is 5.11 Å². The molecule has 1 aromatic heterocycles. The molecule has 0 radical (unpaired) electrons. The maximum Gasteiger partial charge on any atom is 0.117 e. The summed E-state index contributed by atoms with van der Waals surface area (Å²) in [7, 11) is 0. The third-order valence-electron chi connectivity index (χ3n) is 3.06. The molecule has 0 spiro atoms. The van der Waals surface area contributed by atoms with Crippen LogP contribution in [0.5, 0.6) is 0 Å². The standard InChI is InChI=1S/C12H19NO2/c1-9-6-7-10(15-9)8-13-11-4-2-3-5-12(11)14/h6-7,11-14H,2-5,8H2,1H3. The van der Waals surface area contributed by atoms with Crippen LogP contribution in [0.3, 0.4) is 0 Å². The van der Waals surface area contributed by atoms with Crippen LogP contribution in [0.15, 0.2) is 16.5 Å². The smallest absolute Gasteiger partial charge is 0.117 e. The minimum atomic E-state index is -0.185. The second-order valence-corrected chi connectivity index (χ2v) is 4.35. The Morgan fingerprint density at radius 2 is 2.20 bits per heavy atom. The van der Waals surface area contributed by atoms with Gasteiger partial charge in [0.1, 0.15) is 11.5 Å². The Kier molecular flexibility index (Phi) is 3.44. The van der Waals surface area contributed by atoms with Gasteiger partial charge in [0.25, 0.3) is 0 Å². The minimum absolute atomic E-state index is 0.185. The molecule has 3 heteroatoms. The zero-order chi connectivity index (χ0) is 10.7. The molecule has 1 aromatic rings. The Morgan fingerprint density at radius 1 is 1.40 bits per heavy atom. The lowest BCUT2D eigenvalue weighted by molar-refractivity contribution is 0.0893. The number of aliphatic hydroxyl groups excluding tert-OH is 1. The normalized spacial score (nSPS) is 26.8. The molecule has 1 heterocycles. The van der Waals surface area contributed by atoms with Gasteiger partial charge in [0.05, 0.1) is 12.6 Å². The molecular weight excluding hydrogens is 190 g/mol. The monoisotopic (exact) mass is 209 g/mol. The van der Waals surface area contributed by atoms with Crippen LogP contribution in [-0.2, 0) is 6.54 Å². The van der Waals surface area contributed by atoms with Gasteiger partial charge in [0.15, 0.2) is 0 Å². The SMILES string of the molecule is Cc1ccc(CNC2CCCCC2O)o1. The Balaban J connectivity index is 1.81. The zero-order valence-electron chi connectivity index (χ0n) is 9.20. The van der Waals surface area contributed by atoms with E-state index in [1.807, 2.05) is 19.1 Å². The minimum Gasteiger partial charge on any atom is -0.465 e. The first-order valence-corrected chi connectivity index (χ1v) is 5.72. The van der Waals surface area contributed by atoms with Crippen molar-refractivity contribution in [1.29, 1.82) is 0 Å². The number of hydrogen-bond donors (Lipinski definition) is 2. The summed E-state index contributed by atoms with van der Waals surface area (Å²) in [6.07, 6.45) is 4.18. The lowest BCUT2D eigenvalue weighted by atomic mass is 9.92. The number of furan rings is 1. The molecule has 0 bridgehead atoms. The Labute approximate surface area is 90.5 Å². The van der Waals surface area contributed by atoms with Crippen molar-refractivity contribution >= 4 is 0 Å². The molecule has 0 amide bonds. The lowest BCUT2D eigenvalue weighted by Crippen LogP contribution is -2.41. The van der Waals surface area contributed by atoms with Crippen LogP contribution >= 0.6 is 0 Å². The molecule has 0 aliphatic heterocycles. The van der Waals surface area contributed by atoms with Crippen molar-refractivity contribution in [3.8, 4) is 0 Å². The number of hydrogen-bond acceptors (Lipinski definition) is 3. The molecule has 84 valence electrons. The van der Waals surface area contributed by atoms with Crippen molar-refractivity contribution < 1.29 is 9.52 Å². The summed E-state index contributed by atoms with van der Waals surface area (Å²) in [5.41, 5.74) is 0. The van der Waals surface area contributed by atoms with Gasteiger partial charge in [-0.05, 0) is 31.9 Å². The van der Waals surface area contributed by atoms with E-state index < -0.39 is 0 Å². The third kappa shape index (κ3) is 2.83. The molecule has 1 fully saturated rings. The van der Waals surface area contributed by atoms with Gasteiger partial charge >= 0.3 is 0 Å². The molecular formula is C12H19NO2. The summed E-state index contributed by atoms with van der Waals surface area (Å²) in [6, 6.07) is 4.19. The van der Waals surface area contributed by atoms with Crippen LogP contribution in [-0.4, -0.2) is 17.3 Å². The van der Waals surface area contributed by atoms with Crippen molar-refractivity contribution in [1.82, 2.24) is 5.32 Å². The highest BCUT2D eigenvalue weighted by atomic mass is 16.3. The highest BCUT2D eigenvalue weighted by molar-refractivity contribution is 5.05. The molecule has 0 saturated heterocycles. The van der Waals surface area contributed by atoms with Gasteiger partial charge < -0.3 is 14.8 Å². The van der Waals surface area contributed by atoms with Crippen LogP contribution in [0, 0.1) is 6.92 Å². The maximum absolute atomic E-state index is 9.76. The van der Waals surface area contributed by atoms with Gasteiger partial charge in [0, 0.05) is 6.04 Å². The first kappa shape index (κ1) is 10.7. The van der Waals surface area contributed by atoms with Crippen molar-refractivity contribution in [3.05, 3.63) is 23.7 Å². The number of nitrogens with one attached hydrogen (secondary N) is 1. The second kappa shape index (κ2) is 4.81. The van der Waals surface area contributed by atoms with E-state index in [2.05, 4.69) is 5.32 Å². The first-order valence-electron chi connectivity index (χ1n) is 5.72. The van der Waals surface area contributed by atoms with Gasteiger partial charge in [-0.1, -0.05) is 12.8 Å². The van der Waals surface area contributed by atoms with E-state index in [4.69, 9.17) is 4.42 Å². The van der Waals surface area contributed by atoms with Crippen LogP contribution in [0.2, 0.25) is 0 Å². The van der Waals surface area contributed by atoms with Crippen molar-refractivity contribution in [2.45, 2.75) is 51.3 Å². The fourth-order valence-electron chi connectivity index (χ4n) is 2.16. The van der Waals surface area contributed by atoms with Crippen LogP contribution < -0.4 is 5.32 Å². The van der Waals surface area contributed by atoms with E-state index in [0.717, 1.165) is 37.3 Å². The summed E-state index contributed by atoms with van der Waals surface area (Å²) < 4.78 is 5.47. The van der Waals surface area contributed by atoms with Crippen LogP contribution in [0.4, 0.5) is 0 Å². The first-order chi connectivity index (χ1) is 7.25. The van der Waals surface area contributed by atoms with E-state index >= 15 is 0 Å². The third-order valence-corrected chi connectivity index (χ3v) is 3.06. The van der Waals surface area contributed by atoms with Gasteiger partial charge in [-0.25, -0.2) is 0 Å². The van der Waals surface area contributed by atoms with Crippen LogP contribution in [0.25, 0.3) is 0 Å². The summed E-state index contributed by atoms with van der Waals surface area (Å²) in [5, 5.41) is 13.1. The summed E-state index contributed by atoms with van der Waals surface area (Å²) in [6.45, 7) is 2.66. The molecule has 2 unspecified atom stereocenters. The Morgan fingerprint density at radius 3 is 2.87 bits per heavy atom. The molecule has 2 atom stereocenters. The largest absolute Gasteiger partial charge is 0.465 e. The predicted octanol–water partition coefficient (Wildman–Crippen LogP) is 1.98. The molecule has 1 saturated carbocycles. The summed E-state index contributed by atoms with van der Waals surface area (Å²) >= 11 is 0. The van der Waals surface area contributed by atoms with Gasteiger partial charge in [-0.3, -0.25) is 0 Å². The highest BCUT2D eigenvalue weighted by Crippen LogP contribution is 2.18. The lowest BCUT2D eigenvalue weighted by Gasteiger charge is -2.28. The molecule has 2 N–H and O–H groups in total. The maximum atomic E-state index is 9.76. The molecule has 2 rings (SSSR count). The molecule has 3 nitrogen and oxygen atoms in total. The second-order valence-electron chi connectivity index (χ2n) is 4.35. The fraction of sp³-hybridized carbons (Fsp3) is 0.667. The summed E-state index contributed by atoms with van der Waals surface area (Å²) in [5.74, 6) is 1.89. The highest BCUT2D eigenvalue weighted by Gasteiger charge is 2.22. The van der Waals surface area contributed by atoms with Crippen molar-refractivity contribution in [2.75, 3.05) is 0 Å². The van der Waals surface area contributed by atoms with E-state index in [1.54, 1.807) is 0 Å². The molecule has 15 heavy (non-hydrogen) atoms. The van der Waals surface area contributed by atoms with E-state index in [-0.39, 0.29) is 12.1 Å². The van der Waals surface area contributed by atoms with E-state index in [0.29, 0.717) is 0 Å². The average Bonchev–Trinajstić information content (AvgIpc) is 2.63. The average molecular weight is 209 g/mol. The quantitative estimate of drug-likeness (QED) is 0.800. The number of aliphatic hydroxyl groups is 1. The number of aryl methyl sites for hydroxylation is 1. The Hall–Kier alpha value is -0.800. The molecule has 1 aliphatic rings. The number of rotatable bonds is 3. The van der Waals surface area contributed by atoms with Gasteiger partial charge in [0.2, 0.25) is 0 Å². The molecule has 1 aliphatic carbocycles. The predicted molar refractivity (Wildman–Crippen MR) is 58.5 cm³/mol. The molecule has 0 aromatic carbocycles. The topological polar surface area (TPSA) is 45.4 Å². The zero-order valence-corrected chi connectivity index (χ0v) is 9.20. The van der Waals surface area contributed by atoms with Crippen LogP contribution in [0.1, 0.15) is 37.2 Å². The van der Waals surface area contributed by atoms with Crippen molar-refractivity contribution in [3.63, 3.8) is 0 Å². The summed E-state index contributed by atoms with van der Waals surface area (Å²) in [4.78, 5) is 0.